The first-order valence-electron chi connectivity index (χ1n) is 4.49. The van der Waals surface area contributed by atoms with Crippen LogP contribution in [0.5, 0.6) is 0 Å². The van der Waals surface area contributed by atoms with Gasteiger partial charge >= 0.3 is 6.03 Å². The van der Waals surface area contributed by atoms with E-state index in [1.54, 1.807) is 0 Å². The molecule has 1 aromatic rings. The number of aryl methyl sites for hydroxylation is 1. The van der Waals surface area contributed by atoms with Crippen LogP contribution in [0.4, 0.5) is 10.5 Å². The lowest BCUT2D eigenvalue weighted by Crippen LogP contribution is -2.39. The molecule has 14 heavy (non-hydrogen) atoms. The molecule has 0 unspecified atom stereocenters. The molecule has 76 valence electrons. The second kappa shape index (κ2) is 4.62. The Morgan fingerprint density at radius 2 is 2.21 bits per heavy atom. The van der Waals surface area contributed by atoms with Gasteiger partial charge in [0.25, 0.3) is 0 Å². The Balaban J connectivity index is 2.93. The van der Waals surface area contributed by atoms with Crippen molar-refractivity contribution in [1.29, 1.82) is 0 Å². The van der Waals surface area contributed by atoms with Crippen LogP contribution in [0.25, 0.3) is 0 Å². The molecule has 0 radical (unpaired) electrons. The number of amides is 2. The SMILES string of the molecule is Cc1cccc(N(CCN)C(N)=O)c1. The van der Waals surface area contributed by atoms with Crippen molar-refractivity contribution in [2.45, 2.75) is 6.92 Å². The van der Waals surface area contributed by atoms with Crippen molar-refractivity contribution < 1.29 is 4.79 Å². The summed E-state index contributed by atoms with van der Waals surface area (Å²) in [7, 11) is 0. The van der Waals surface area contributed by atoms with Crippen LogP contribution < -0.4 is 16.4 Å². The number of nitrogens with zero attached hydrogens (tertiary/aromatic N) is 1. The molecule has 1 aromatic carbocycles. The van der Waals surface area contributed by atoms with Gasteiger partial charge in [-0.15, -0.1) is 0 Å². The predicted octanol–water partition coefficient (Wildman–Crippen LogP) is 0.839. The Bertz CT molecular complexity index is 325. The third-order valence-electron chi connectivity index (χ3n) is 1.93. The quantitative estimate of drug-likeness (QED) is 0.746. The predicted molar refractivity (Wildman–Crippen MR) is 57.2 cm³/mol. The highest BCUT2D eigenvalue weighted by molar-refractivity contribution is 5.90. The normalized spacial score (nSPS) is 9.86. The van der Waals surface area contributed by atoms with Gasteiger partial charge in [0.1, 0.15) is 0 Å². The average molecular weight is 193 g/mol. The zero-order valence-electron chi connectivity index (χ0n) is 8.23. The van der Waals surface area contributed by atoms with Crippen molar-refractivity contribution in [3.63, 3.8) is 0 Å². The van der Waals surface area contributed by atoms with E-state index in [9.17, 15) is 4.79 Å². The molecule has 0 fully saturated rings. The van der Waals surface area contributed by atoms with Crippen LogP contribution in [0.3, 0.4) is 0 Å². The highest BCUT2D eigenvalue weighted by atomic mass is 16.2. The second-order valence-electron chi connectivity index (χ2n) is 3.12. The number of hydrogen-bond donors (Lipinski definition) is 2. The number of nitrogens with two attached hydrogens (primary N) is 2. The fourth-order valence-electron chi connectivity index (χ4n) is 1.29. The summed E-state index contributed by atoms with van der Waals surface area (Å²) in [5, 5.41) is 0. The van der Waals surface area contributed by atoms with Crippen LogP contribution >= 0.6 is 0 Å². The molecular formula is C10H15N3O. The maximum absolute atomic E-state index is 11.1. The molecule has 0 aliphatic carbocycles. The van der Waals surface area contributed by atoms with E-state index in [0.717, 1.165) is 11.3 Å². The minimum Gasteiger partial charge on any atom is -0.351 e. The van der Waals surface area contributed by atoms with Gasteiger partial charge in [0.05, 0.1) is 0 Å². The molecule has 4 N–H and O–H groups in total. The molecule has 0 bridgehead atoms. The van der Waals surface area contributed by atoms with Gasteiger partial charge in [-0.05, 0) is 24.6 Å². The lowest BCUT2D eigenvalue weighted by molar-refractivity contribution is 0.254. The minimum atomic E-state index is -0.471. The zero-order valence-corrected chi connectivity index (χ0v) is 8.23. The molecule has 2 amide bonds. The van der Waals surface area contributed by atoms with Gasteiger partial charge in [0.15, 0.2) is 0 Å². The van der Waals surface area contributed by atoms with E-state index >= 15 is 0 Å². The van der Waals surface area contributed by atoms with E-state index in [1.807, 2.05) is 31.2 Å². The summed E-state index contributed by atoms with van der Waals surface area (Å²) in [6, 6.07) is 7.12. The summed E-state index contributed by atoms with van der Waals surface area (Å²) in [6.45, 7) is 2.81. The lowest BCUT2D eigenvalue weighted by atomic mass is 10.2. The Kier molecular flexibility index (Phi) is 3.48. The van der Waals surface area contributed by atoms with Gasteiger partial charge in [-0.3, -0.25) is 4.90 Å². The summed E-state index contributed by atoms with van der Waals surface area (Å²) in [4.78, 5) is 12.6. The van der Waals surface area contributed by atoms with Gasteiger partial charge < -0.3 is 11.5 Å². The monoisotopic (exact) mass is 193 g/mol. The standard InChI is InChI=1S/C10H15N3O/c1-8-3-2-4-9(7-8)13(6-5-11)10(12)14/h2-4,7H,5-6,11H2,1H3,(H2,12,14). The van der Waals surface area contributed by atoms with Gasteiger partial charge in [0.2, 0.25) is 0 Å². The van der Waals surface area contributed by atoms with E-state index in [-0.39, 0.29) is 0 Å². The number of anilines is 1. The highest BCUT2D eigenvalue weighted by Gasteiger charge is 2.10. The Hall–Kier alpha value is -1.55. The number of urea groups is 1. The Morgan fingerprint density at radius 3 is 2.71 bits per heavy atom. The maximum atomic E-state index is 11.1. The molecular weight excluding hydrogens is 178 g/mol. The average Bonchev–Trinajstić information content (AvgIpc) is 2.13. The number of primary amides is 1. The Labute approximate surface area is 83.5 Å². The summed E-state index contributed by atoms with van der Waals surface area (Å²) in [5.74, 6) is 0. The summed E-state index contributed by atoms with van der Waals surface area (Å²) >= 11 is 0. The van der Waals surface area contributed by atoms with Crippen LogP contribution in [0.15, 0.2) is 24.3 Å². The van der Waals surface area contributed by atoms with Gasteiger partial charge in [0, 0.05) is 18.8 Å². The second-order valence-corrected chi connectivity index (χ2v) is 3.12. The zero-order chi connectivity index (χ0) is 10.6. The fourth-order valence-corrected chi connectivity index (χ4v) is 1.29. The van der Waals surface area contributed by atoms with Crippen molar-refractivity contribution in [3.8, 4) is 0 Å². The number of carbonyl (C=O) groups is 1. The molecule has 0 aliphatic heterocycles. The van der Waals surface area contributed by atoms with Crippen molar-refractivity contribution in [2.75, 3.05) is 18.0 Å². The summed E-state index contributed by atoms with van der Waals surface area (Å²) in [6.07, 6.45) is 0. The largest absolute Gasteiger partial charge is 0.351 e. The number of hydrogen-bond acceptors (Lipinski definition) is 2. The number of benzene rings is 1. The third-order valence-corrected chi connectivity index (χ3v) is 1.93. The maximum Gasteiger partial charge on any atom is 0.319 e. The molecule has 0 atom stereocenters. The van der Waals surface area contributed by atoms with E-state index in [0.29, 0.717) is 13.1 Å². The van der Waals surface area contributed by atoms with Crippen molar-refractivity contribution in [1.82, 2.24) is 0 Å². The van der Waals surface area contributed by atoms with E-state index < -0.39 is 6.03 Å². The van der Waals surface area contributed by atoms with Crippen LogP contribution in [0.1, 0.15) is 5.56 Å². The highest BCUT2D eigenvalue weighted by Crippen LogP contribution is 2.14. The smallest absolute Gasteiger partial charge is 0.319 e. The van der Waals surface area contributed by atoms with E-state index in [1.165, 1.54) is 4.90 Å². The van der Waals surface area contributed by atoms with E-state index in [2.05, 4.69) is 0 Å². The van der Waals surface area contributed by atoms with Crippen molar-refractivity contribution in [2.24, 2.45) is 11.5 Å². The topological polar surface area (TPSA) is 72.3 Å². The van der Waals surface area contributed by atoms with Crippen LogP contribution in [0, 0.1) is 6.92 Å². The first-order valence-corrected chi connectivity index (χ1v) is 4.49. The van der Waals surface area contributed by atoms with Crippen molar-refractivity contribution >= 4 is 11.7 Å². The summed E-state index contributed by atoms with van der Waals surface area (Å²) in [5.41, 5.74) is 12.5. The minimum absolute atomic E-state index is 0.400. The van der Waals surface area contributed by atoms with Crippen LogP contribution in [0.2, 0.25) is 0 Å². The number of carbonyl (C=O) groups excluding carboxylic acids is 1. The van der Waals surface area contributed by atoms with Crippen LogP contribution in [-0.2, 0) is 0 Å². The molecule has 0 spiro atoms. The molecule has 0 heterocycles. The first-order chi connectivity index (χ1) is 6.65. The molecule has 4 nitrogen and oxygen atoms in total. The fraction of sp³-hybridized carbons (Fsp3) is 0.300. The molecule has 4 heteroatoms. The Morgan fingerprint density at radius 1 is 1.50 bits per heavy atom. The molecule has 0 aromatic heterocycles. The molecule has 1 rings (SSSR count). The molecule has 0 aliphatic rings. The number of rotatable bonds is 3. The third kappa shape index (κ3) is 2.47. The van der Waals surface area contributed by atoms with Gasteiger partial charge in [-0.1, -0.05) is 12.1 Å². The van der Waals surface area contributed by atoms with Gasteiger partial charge in [-0.25, -0.2) is 4.79 Å². The molecule has 0 saturated carbocycles. The van der Waals surface area contributed by atoms with Crippen molar-refractivity contribution in [3.05, 3.63) is 29.8 Å². The van der Waals surface area contributed by atoms with Crippen LogP contribution in [-0.4, -0.2) is 19.1 Å². The van der Waals surface area contributed by atoms with E-state index in [4.69, 9.17) is 11.5 Å². The molecule has 0 saturated heterocycles. The lowest BCUT2D eigenvalue weighted by Gasteiger charge is -2.19. The van der Waals surface area contributed by atoms with Gasteiger partial charge in [-0.2, -0.15) is 0 Å². The first kappa shape index (κ1) is 10.5. The summed E-state index contributed by atoms with van der Waals surface area (Å²) < 4.78 is 0.